The van der Waals surface area contributed by atoms with E-state index >= 15 is 0 Å². The van der Waals surface area contributed by atoms with E-state index in [0.29, 0.717) is 17.2 Å². The number of fused-ring (bicyclic) bond motifs is 1. The number of anilines is 4. The molecular weight excluding hydrogens is 509 g/mol. The number of amides is 1. The van der Waals surface area contributed by atoms with E-state index in [1.807, 2.05) is 31.7 Å². The number of piperazine rings is 1. The lowest BCUT2D eigenvalue weighted by Gasteiger charge is -2.42. The van der Waals surface area contributed by atoms with Gasteiger partial charge in [-0.3, -0.25) is 9.69 Å². The first kappa shape index (κ1) is 27.1. The number of carbonyl (C=O) groups excluding carboxylic acids is 1. The van der Waals surface area contributed by atoms with E-state index in [1.54, 1.807) is 30.3 Å². The third-order valence-corrected chi connectivity index (χ3v) is 8.57. The molecule has 2 aliphatic rings. The SMILES string of the molecule is CC(C)N1c2cc(Nc3ccc(S(=O)(=O)N4CCN(CC(F)(F)F)CC4)cc3)ncc2N(C)C(=O)C1C. The third kappa shape index (κ3) is 5.68. The summed E-state index contributed by atoms with van der Waals surface area (Å²) in [5, 5.41) is 3.18. The number of hydrogen-bond donors (Lipinski definition) is 1. The number of benzene rings is 1. The lowest BCUT2D eigenvalue weighted by Crippen LogP contribution is -2.53. The molecule has 13 heteroatoms. The van der Waals surface area contributed by atoms with Gasteiger partial charge in [0.2, 0.25) is 15.9 Å². The van der Waals surface area contributed by atoms with Crippen molar-refractivity contribution in [2.24, 2.45) is 0 Å². The summed E-state index contributed by atoms with van der Waals surface area (Å²) in [5.41, 5.74) is 2.19. The maximum Gasteiger partial charge on any atom is 0.401 e. The van der Waals surface area contributed by atoms with Crippen molar-refractivity contribution in [3.8, 4) is 0 Å². The zero-order chi connectivity index (χ0) is 27.1. The molecule has 1 unspecified atom stereocenters. The standard InChI is InChI=1S/C24H31F3N6O3S/c1-16(2)33-17(3)23(34)30(4)21-14-28-22(13-20(21)33)29-18-5-7-19(8-6-18)37(35,36)32-11-9-31(10-12-32)15-24(25,26)27/h5-8,13-14,16-17H,9-12,15H2,1-4H3,(H,28,29). The highest BCUT2D eigenvalue weighted by atomic mass is 32.2. The van der Waals surface area contributed by atoms with Gasteiger partial charge in [0, 0.05) is 51.0 Å². The fraction of sp³-hybridized carbons (Fsp3) is 0.500. The summed E-state index contributed by atoms with van der Waals surface area (Å²) in [6.45, 7) is 4.90. The molecule has 1 aromatic heterocycles. The second-order valence-corrected chi connectivity index (χ2v) is 11.5. The number of likely N-dealkylation sites (N-methyl/N-ethyl adjacent to an activating group) is 1. The summed E-state index contributed by atoms with van der Waals surface area (Å²) >= 11 is 0. The number of pyridine rings is 1. The number of alkyl halides is 3. The number of rotatable bonds is 6. The zero-order valence-electron chi connectivity index (χ0n) is 21.2. The second-order valence-electron chi connectivity index (χ2n) is 9.58. The van der Waals surface area contributed by atoms with Crippen LogP contribution in [0.4, 0.5) is 36.1 Å². The highest BCUT2D eigenvalue weighted by molar-refractivity contribution is 7.89. The van der Waals surface area contributed by atoms with Gasteiger partial charge in [0.25, 0.3) is 0 Å². The molecule has 0 aliphatic carbocycles. The molecule has 3 heterocycles. The van der Waals surface area contributed by atoms with E-state index in [0.717, 1.165) is 5.69 Å². The Balaban J connectivity index is 1.47. The molecule has 1 amide bonds. The van der Waals surface area contributed by atoms with Crippen LogP contribution >= 0.6 is 0 Å². The minimum absolute atomic E-state index is 0.000810. The molecule has 1 fully saturated rings. The summed E-state index contributed by atoms with van der Waals surface area (Å²) in [6.07, 6.45) is -2.68. The van der Waals surface area contributed by atoms with Gasteiger partial charge >= 0.3 is 6.18 Å². The van der Waals surface area contributed by atoms with Crippen LogP contribution in [0.1, 0.15) is 20.8 Å². The van der Waals surface area contributed by atoms with Crippen LogP contribution in [0.3, 0.4) is 0 Å². The van der Waals surface area contributed by atoms with Gasteiger partial charge in [-0.05, 0) is 45.0 Å². The van der Waals surface area contributed by atoms with Crippen molar-refractivity contribution < 1.29 is 26.4 Å². The highest BCUT2D eigenvalue weighted by Crippen LogP contribution is 2.38. The Morgan fingerprint density at radius 3 is 2.27 bits per heavy atom. The molecule has 37 heavy (non-hydrogen) atoms. The van der Waals surface area contributed by atoms with Crippen molar-refractivity contribution in [2.75, 3.05) is 54.9 Å². The van der Waals surface area contributed by atoms with E-state index < -0.39 is 22.7 Å². The molecule has 1 aromatic carbocycles. The number of hydrogen-bond acceptors (Lipinski definition) is 7. The van der Waals surface area contributed by atoms with Crippen molar-refractivity contribution in [3.05, 3.63) is 36.5 Å². The van der Waals surface area contributed by atoms with E-state index in [1.165, 1.54) is 21.3 Å². The molecule has 0 saturated carbocycles. The average molecular weight is 541 g/mol. The Kier molecular flexibility index (Phi) is 7.41. The maximum atomic E-state index is 13.0. The monoisotopic (exact) mass is 540 g/mol. The Morgan fingerprint density at radius 2 is 1.70 bits per heavy atom. The van der Waals surface area contributed by atoms with Crippen molar-refractivity contribution in [1.29, 1.82) is 0 Å². The summed E-state index contributed by atoms with van der Waals surface area (Å²) in [5.74, 6) is 0.526. The highest BCUT2D eigenvalue weighted by Gasteiger charge is 2.36. The Bertz CT molecular complexity index is 1250. The van der Waals surface area contributed by atoms with Crippen LogP contribution in [0.15, 0.2) is 41.4 Å². The molecule has 202 valence electrons. The van der Waals surface area contributed by atoms with Gasteiger partial charge in [0.15, 0.2) is 0 Å². The second kappa shape index (κ2) is 10.1. The van der Waals surface area contributed by atoms with Crippen LogP contribution in [0, 0.1) is 0 Å². The number of aromatic nitrogens is 1. The topological polar surface area (TPSA) is 89.1 Å². The van der Waals surface area contributed by atoms with Gasteiger partial charge in [-0.25, -0.2) is 13.4 Å². The maximum absolute atomic E-state index is 13.0. The summed E-state index contributed by atoms with van der Waals surface area (Å²) in [7, 11) is -2.11. The average Bonchev–Trinajstić information content (AvgIpc) is 2.82. The minimum atomic E-state index is -4.31. The van der Waals surface area contributed by atoms with Gasteiger partial charge in [0.1, 0.15) is 11.9 Å². The molecule has 1 atom stereocenters. The molecule has 4 rings (SSSR count). The van der Waals surface area contributed by atoms with Crippen molar-refractivity contribution in [1.82, 2.24) is 14.2 Å². The lowest BCUT2D eigenvalue weighted by atomic mass is 10.1. The molecular formula is C24H31F3N6O3S. The first-order valence-electron chi connectivity index (χ1n) is 12.0. The largest absolute Gasteiger partial charge is 0.401 e. The van der Waals surface area contributed by atoms with Gasteiger partial charge in [0.05, 0.1) is 29.0 Å². The predicted molar refractivity (Wildman–Crippen MR) is 136 cm³/mol. The Morgan fingerprint density at radius 1 is 1.08 bits per heavy atom. The molecule has 2 aliphatic heterocycles. The predicted octanol–water partition coefficient (Wildman–Crippen LogP) is 3.27. The molecule has 0 spiro atoms. The quantitative estimate of drug-likeness (QED) is 0.602. The molecule has 2 aromatic rings. The number of halogens is 3. The number of sulfonamides is 1. The Labute approximate surface area is 214 Å². The number of carbonyl (C=O) groups is 1. The van der Waals surface area contributed by atoms with Crippen LogP contribution < -0.4 is 15.1 Å². The normalized spacial score (nSPS) is 19.9. The van der Waals surface area contributed by atoms with Crippen LogP contribution in [-0.4, -0.2) is 86.5 Å². The fourth-order valence-corrected chi connectivity index (χ4v) is 6.23. The third-order valence-electron chi connectivity index (χ3n) is 6.66. The van der Waals surface area contributed by atoms with Crippen molar-refractivity contribution in [3.63, 3.8) is 0 Å². The van der Waals surface area contributed by atoms with Gasteiger partial charge in [-0.2, -0.15) is 17.5 Å². The van der Waals surface area contributed by atoms with Crippen molar-refractivity contribution in [2.45, 2.75) is 43.9 Å². The van der Waals surface area contributed by atoms with Crippen LogP contribution in [0.2, 0.25) is 0 Å². The Hall–Kier alpha value is -2.90. The van der Waals surface area contributed by atoms with Crippen molar-refractivity contribution >= 4 is 38.8 Å². The smallest absolute Gasteiger partial charge is 0.355 e. The fourth-order valence-electron chi connectivity index (χ4n) is 4.81. The molecule has 0 radical (unpaired) electrons. The van der Waals surface area contributed by atoms with Gasteiger partial charge in [-0.15, -0.1) is 0 Å². The zero-order valence-corrected chi connectivity index (χ0v) is 22.0. The molecule has 0 bridgehead atoms. The van der Waals surface area contributed by atoms with E-state index in [-0.39, 0.29) is 49.1 Å². The van der Waals surface area contributed by atoms with Crippen LogP contribution in [0.5, 0.6) is 0 Å². The molecule has 1 saturated heterocycles. The van der Waals surface area contributed by atoms with E-state index in [4.69, 9.17) is 0 Å². The molecule has 1 N–H and O–H groups in total. The summed E-state index contributed by atoms with van der Waals surface area (Å²) in [6, 6.07) is 7.79. The summed E-state index contributed by atoms with van der Waals surface area (Å²) < 4.78 is 65.1. The van der Waals surface area contributed by atoms with E-state index in [2.05, 4.69) is 10.3 Å². The lowest BCUT2D eigenvalue weighted by molar-refractivity contribution is -0.148. The first-order chi connectivity index (χ1) is 17.3. The molecule has 9 nitrogen and oxygen atoms in total. The van der Waals surface area contributed by atoms with E-state index in [9.17, 15) is 26.4 Å². The van der Waals surface area contributed by atoms with Crippen LogP contribution in [-0.2, 0) is 14.8 Å². The van der Waals surface area contributed by atoms with Gasteiger partial charge < -0.3 is 15.1 Å². The number of nitrogens with one attached hydrogen (secondary N) is 1. The minimum Gasteiger partial charge on any atom is -0.355 e. The first-order valence-corrected chi connectivity index (χ1v) is 13.4. The summed E-state index contributed by atoms with van der Waals surface area (Å²) in [4.78, 5) is 22.0. The van der Waals surface area contributed by atoms with Gasteiger partial charge in [-0.1, -0.05) is 0 Å². The van der Waals surface area contributed by atoms with Crippen LogP contribution in [0.25, 0.3) is 0 Å². The number of nitrogens with zero attached hydrogens (tertiary/aromatic N) is 5.